The maximum atomic E-state index is 12.4. The van der Waals surface area contributed by atoms with Gasteiger partial charge in [-0.2, -0.15) is 0 Å². The lowest BCUT2D eigenvalue weighted by Crippen LogP contribution is -2.35. The molecule has 0 aromatic carbocycles. The van der Waals surface area contributed by atoms with Crippen LogP contribution in [0.1, 0.15) is 36.4 Å². The van der Waals surface area contributed by atoms with Crippen molar-refractivity contribution in [1.82, 2.24) is 15.2 Å². The van der Waals surface area contributed by atoms with E-state index >= 15 is 0 Å². The number of carbonyl (C=O) groups excluding carboxylic acids is 2. The van der Waals surface area contributed by atoms with E-state index in [9.17, 15) is 9.59 Å². The van der Waals surface area contributed by atoms with Gasteiger partial charge in [0.25, 0.3) is 11.8 Å². The molecular formula is C14H15N3O3S. The predicted octanol–water partition coefficient (Wildman–Crippen LogP) is 1.60. The fraction of sp³-hybridized carbons (Fsp3) is 0.357. The first-order chi connectivity index (χ1) is 10.1. The Labute approximate surface area is 125 Å². The van der Waals surface area contributed by atoms with Crippen LogP contribution in [0.15, 0.2) is 16.9 Å². The molecule has 0 saturated heterocycles. The number of nitrogens with zero attached hydrogens (tertiary/aromatic N) is 2. The van der Waals surface area contributed by atoms with Gasteiger partial charge in [-0.05, 0) is 25.0 Å². The molecule has 1 N–H and O–H groups in total. The van der Waals surface area contributed by atoms with E-state index in [4.69, 9.17) is 4.42 Å². The van der Waals surface area contributed by atoms with Crippen molar-refractivity contribution in [1.29, 1.82) is 0 Å². The molecule has 1 aliphatic rings. The minimum atomic E-state index is -0.125. The first kappa shape index (κ1) is 13.8. The molecule has 0 fully saturated rings. The zero-order chi connectivity index (χ0) is 15.0. The summed E-state index contributed by atoms with van der Waals surface area (Å²) in [6.45, 7) is 2.86. The predicted molar refractivity (Wildman–Crippen MR) is 77.4 cm³/mol. The third-order valence-electron chi connectivity index (χ3n) is 3.55. The van der Waals surface area contributed by atoms with Crippen LogP contribution in [0.5, 0.6) is 0 Å². The van der Waals surface area contributed by atoms with Crippen molar-refractivity contribution >= 4 is 23.2 Å². The molecule has 0 atom stereocenters. The second kappa shape index (κ2) is 5.33. The molecule has 2 aromatic rings. The Hall–Kier alpha value is -2.15. The fourth-order valence-electron chi connectivity index (χ4n) is 2.40. The lowest BCUT2D eigenvalue weighted by Gasteiger charge is -2.26. The van der Waals surface area contributed by atoms with E-state index in [1.165, 1.54) is 22.6 Å². The Morgan fingerprint density at radius 1 is 1.48 bits per heavy atom. The Bertz CT molecular complexity index is 704. The molecule has 0 spiro atoms. The van der Waals surface area contributed by atoms with E-state index in [0.717, 1.165) is 12.0 Å². The maximum Gasteiger partial charge on any atom is 0.276 e. The van der Waals surface area contributed by atoms with Gasteiger partial charge in [-0.15, -0.1) is 11.3 Å². The number of rotatable bonds is 2. The molecule has 21 heavy (non-hydrogen) atoms. The molecular weight excluding hydrogens is 290 g/mol. The summed E-state index contributed by atoms with van der Waals surface area (Å²) in [6.07, 6.45) is 2.05. The molecule has 7 heteroatoms. The summed E-state index contributed by atoms with van der Waals surface area (Å²) in [5.41, 5.74) is 1.40. The summed E-state index contributed by atoms with van der Waals surface area (Å²) < 4.78 is 5.09. The van der Waals surface area contributed by atoms with E-state index < -0.39 is 0 Å². The number of fused-ring (bicyclic) bond motifs is 1. The van der Waals surface area contributed by atoms with Crippen LogP contribution in [-0.2, 0) is 13.0 Å². The number of nitrogens with one attached hydrogen (secondary N) is 1. The number of thiophene rings is 1. The molecule has 110 valence electrons. The molecule has 1 aliphatic heterocycles. The van der Waals surface area contributed by atoms with Gasteiger partial charge in [0.05, 0.1) is 4.88 Å². The number of carbonyl (C=O) groups is 2. The number of aryl methyl sites for hydroxylation is 1. The number of amides is 2. The Morgan fingerprint density at radius 3 is 2.95 bits per heavy atom. The van der Waals surface area contributed by atoms with Crippen LogP contribution in [-0.4, -0.2) is 35.3 Å². The van der Waals surface area contributed by atoms with Crippen LogP contribution in [0.3, 0.4) is 0 Å². The third-order valence-corrected chi connectivity index (χ3v) is 4.79. The van der Waals surface area contributed by atoms with Gasteiger partial charge in [0.15, 0.2) is 12.1 Å². The van der Waals surface area contributed by atoms with Gasteiger partial charge < -0.3 is 14.6 Å². The second-order valence-electron chi connectivity index (χ2n) is 4.87. The summed E-state index contributed by atoms with van der Waals surface area (Å²) in [5.74, 6) is 0.321. The van der Waals surface area contributed by atoms with Gasteiger partial charge in [0, 0.05) is 25.0 Å². The third kappa shape index (κ3) is 2.44. The average Bonchev–Trinajstić information content (AvgIpc) is 3.10. The quantitative estimate of drug-likeness (QED) is 0.914. The van der Waals surface area contributed by atoms with Crippen molar-refractivity contribution in [3.63, 3.8) is 0 Å². The first-order valence-corrected chi connectivity index (χ1v) is 7.45. The zero-order valence-corrected chi connectivity index (χ0v) is 12.6. The molecule has 0 aliphatic carbocycles. The van der Waals surface area contributed by atoms with Gasteiger partial charge in [-0.3, -0.25) is 9.59 Å². The zero-order valence-electron chi connectivity index (χ0n) is 11.8. The van der Waals surface area contributed by atoms with Crippen molar-refractivity contribution in [3.05, 3.63) is 39.2 Å². The largest absolute Gasteiger partial charge is 0.448 e. The van der Waals surface area contributed by atoms with E-state index in [1.54, 1.807) is 18.9 Å². The van der Waals surface area contributed by atoms with E-state index in [2.05, 4.69) is 10.3 Å². The van der Waals surface area contributed by atoms with E-state index in [1.807, 2.05) is 6.07 Å². The summed E-state index contributed by atoms with van der Waals surface area (Å²) in [4.78, 5) is 31.7. The van der Waals surface area contributed by atoms with Gasteiger partial charge in [-0.25, -0.2) is 4.98 Å². The van der Waals surface area contributed by atoms with Crippen LogP contribution >= 0.6 is 11.3 Å². The molecule has 2 aromatic heterocycles. The van der Waals surface area contributed by atoms with Crippen molar-refractivity contribution in [2.45, 2.75) is 19.9 Å². The van der Waals surface area contributed by atoms with Crippen LogP contribution in [0.2, 0.25) is 0 Å². The van der Waals surface area contributed by atoms with Crippen molar-refractivity contribution < 1.29 is 14.0 Å². The normalized spacial score (nSPS) is 13.9. The van der Waals surface area contributed by atoms with Gasteiger partial charge >= 0.3 is 0 Å². The monoisotopic (exact) mass is 305 g/mol. The van der Waals surface area contributed by atoms with Crippen molar-refractivity contribution in [3.8, 4) is 0 Å². The van der Waals surface area contributed by atoms with Gasteiger partial charge in [0.2, 0.25) is 0 Å². The van der Waals surface area contributed by atoms with Gasteiger partial charge in [0.1, 0.15) is 5.76 Å². The number of hydrogen-bond donors (Lipinski definition) is 1. The minimum absolute atomic E-state index is 0.0837. The summed E-state index contributed by atoms with van der Waals surface area (Å²) >= 11 is 1.50. The second-order valence-corrected chi connectivity index (χ2v) is 6.01. The molecule has 0 saturated carbocycles. The van der Waals surface area contributed by atoms with Gasteiger partial charge in [-0.1, -0.05) is 0 Å². The highest BCUT2D eigenvalue weighted by Crippen LogP contribution is 2.29. The Balaban J connectivity index is 1.81. The molecule has 0 radical (unpaired) electrons. The van der Waals surface area contributed by atoms with E-state index in [-0.39, 0.29) is 11.8 Å². The highest BCUT2D eigenvalue weighted by Gasteiger charge is 2.27. The fourth-order valence-corrected chi connectivity index (χ4v) is 3.51. The average molecular weight is 305 g/mol. The number of aromatic nitrogens is 1. The first-order valence-electron chi connectivity index (χ1n) is 6.63. The highest BCUT2D eigenvalue weighted by molar-refractivity contribution is 7.14. The Morgan fingerprint density at radius 2 is 2.29 bits per heavy atom. The molecule has 0 unspecified atom stereocenters. The number of hydrogen-bond acceptors (Lipinski definition) is 5. The molecule has 3 heterocycles. The Kier molecular flexibility index (Phi) is 3.50. The van der Waals surface area contributed by atoms with Crippen molar-refractivity contribution in [2.24, 2.45) is 0 Å². The highest BCUT2D eigenvalue weighted by atomic mass is 32.1. The van der Waals surface area contributed by atoms with Crippen LogP contribution in [0.4, 0.5) is 0 Å². The lowest BCUT2D eigenvalue weighted by atomic mass is 10.1. The topological polar surface area (TPSA) is 75.4 Å². The smallest absolute Gasteiger partial charge is 0.276 e. The number of oxazole rings is 1. The maximum absolute atomic E-state index is 12.4. The van der Waals surface area contributed by atoms with Crippen LogP contribution in [0.25, 0.3) is 0 Å². The summed E-state index contributed by atoms with van der Waals surface area (Å²) in [7, 11) is 1.62. The minimum Gasteiger partial charge on any atom is -0.448 e. The lowest BCUT2D eigenvalue weighted by molar-refractivity contribution is 0.0728. The molecule has 2 amide bonds. The summed E-state index contributed by atoms with van der Waals surface area (Å²) in [5, 5.41) is 2.62. The van der Waals surface area contributed by atoms with Crippen LogP contribution in [0, 0.1) is 6.92 Å². The SMILES string of the molecule is CNC(=O)c1cc2c(s1)CCN(C(=O)c1ncoc1C)C2. The summed E-state index contributed by atoms with van der Waals surface area (Å²) in [6, 6.07) is 1.87. The van der Waals surface area contributed by atoms with Crippen LogP contribution < -0.4 is 5.32 Å². The van der Waals surface area contributed by atoms with E-state index in [0.29, 0.717) is 29.4 Å². The molecule has 6 nitrogen and oxygen atoms in total. The standard InChI is InChI=1S/C14H15N3O3S/c1-8-12(16-7-20-8)14(19)17-4-3-10-9(6-17)5-11(21-10)13(18)15-2/h5,7H,3-4,6H2,1-2H3,(H,15,18). The molecule has 0 bridgehead atoms. The molecule has 3 rings (SSSR count). The van der Waals surface area contributed by atoms with Crippen molar-refractivity contribution in [2.75, 3.05) is 13.6 Å².